The molecule has 3 rings (SSSR count). The van der Waals surface area contributed by atoms with E-state index in [0.29, 0.717) is 25.2 Å². The Morgan fingerprint density at radius 3 is 2.26 bits per heavy atom. The third kappa shape index (κ3) is 4.51. The molecule has 0 radical (unpaired) electrons. The molecule has 146 valence electrons. The fourth-order valence-corrected chi connectivity index (χ4v) is 4.39. The molecule has 1 saturated heterocycles. The van der Waals surface area contributed by atoms with Crippen molar-refractivity contribution >= 4 is 28.2 Å². The van der Waals surface area contributed by atoms with Gasteiger partial charge in [0.2, 0.25) is 0 Å². The highest BCUT2D eigenvalue weighted by molar-refractivity contribution is 7.91. The van der Waals surface area contributed by atoms with E-state index in [4.69, 9.17) is 5.73 Å². The molecule has 1 aliphatic heterocycles. The SMILES string of the molecule is CCS(=O)(=O)c1ccc(C(=O)N2C[C@@H](CN)[C@H](c3ccccc3)C2)cc1.Cl. The number of nitrogens with zero attached hydrogens (tertiary/aromatic N) is 1. The number of amides is 1. The van der Waals surface area contributed by atoms with E-state index in [1.54, 1.807) is 19.1 Å². The van der Waals surface area contributed by atoms with Crippen LogP contribution in [0.3, 0.4) is 0 Å². The van der Waals surface area contributed by atoms with E-state index in [1.807, 2.05) is 23.1 Å². The number of hydrogen-bond donors (Lipinski definition) is 1. The van der Waals surface area contributed by atoms with Gasteiger partial charge >= 0.3 is 0 Å². The average Bonchev–Trinajstić information content (AvgIpc) is 3.12. The van der Waals surface area contributed by atoms with Gasteiger partial charge in [-0.2, -0.15) is 0 Å². The Morgan fingerprint density at radius 2 is 1.70 bits per heavy atom. The van der Waals surface area contributed by atoms with Crippen LogP contribution in [0.5, 0.6) is 0 Å². The summed E-state index contributed by atoms with van der Waals surface area (Å²) in [5, 5.41) is 0. The van der Waals surface area contributed by atoms with Gasteiger partial charge in [0.05, 0.1) is 10.6 Å². The van der Waals surface area contributed by atoms with Crippen molar-refractivity contribution in [2.45, 2.75) is 17.7 Å². The molecule has 1 amide bonds. The van der Waals surface area contributed by atoms with E-state index in [0.717, 1.165) is 0 Å². The molecule has 0 aromatic heterocycles. The maximum absolute atomic E-state index is 12.9. The van der Waals surface area contributed by atoms with Gasteiger partial charge in [0.15, 0.2) is 9.84 Å². The van der Waals surface area contributed by atoms with Gasteiger partial charge in [-0.1, -0.05) is 37.3 Å². The van der Waals surface area contributed by atoms with Crippen LogP contribution < -0.4 is 5.73 Å². The quantitative estimate of drug-likeness (QED) is 0.824. The zero-order valence-electron chi connectivity index (χ0n) is 15.2. The minimum Gasteiger partial charge on any atom is -0.338 e. The fourth-order valence-electron chi connectivity index (χ4n) is 3.51. The maximum Gasteiger partial charge on any atom is 0.253 e. The normalized spacial score (nSPS) is 19.6. The Morgan fingerprint density at radius 1 is 1.07 bits per heavy atom. The van der Waals surface area contributed by atoms with Gasteiger partial charge < -0.3 is 10.6 Å². The second kappa shape index (κ2) is 8.87. The second-order valence-corrected chi connectivity index (χ2v) is 8.93. The van der Waals surface area contributed by atoms with Crippen LogP contribution in [-0.2, 0) is 9.84 Å². The van der Waals surface area contributed by atoms with Crippen LogP contribution >= 0.6 is 12.4 Å². The molecular formula is C20H25ClN2O3S. The number of nitrogens with two attached hydrogens (primary N) is 1. The fraction of sp³-hybridized carbons (Fsp3) is 0.350. The summed E-state index contributed by atoms with van der Waals surface area (Å²) in [6, 6.07) is 16.3. The minimum atomic E-state index is -3.26. The number of benzene rings is 2. The Balaban J connectivity index is 0.00000261. The number of carbonyl (C=O) groups is 1. The van der Waals surface area contributed by atoms with Crippen molar-refractivity contribution < 1.29 is 13.2 Å². The molecule has 1 fully saturated rings. The van der Waals surface area contributed by atoms with E-state index in [-0.39, 0.29) is 40.8 Å². The molecule has 0 spiro atoms. The molecular weight excluding hydrogens is 384 g/mol. The lowest BCUT2D eigenvalue weighted by molar-refractivity contribution is 0.0786. The monoisotopic (exact) mass is 408 g/mol. The summed E-state index contributed by atoms with van der Waals surface area (Å²) in [7, 11) is -3.26. The number of hydrogen-bond acceptors (Lipinski definition) is 4. The third-order valence-corrected chi connectivity index (χ3v) is 6.85. The van der Waals surface area contributed by atoms with E-state index in [1.165, 1.54) is 17.7 Å². The maximum atomic E-state index is 12.9. The van der Waals surface area contributed by atoms with Gasteiger partial charge in [0.25, 0.3) is 5.91 Å². The van der Waals surface area contributed by atoms with Crippen molar-refractivity contribution in [2.24, 2.45) is 11.7 Å². The Kier molecular flexibility index (Phi) is 7.03. The van der Waals surface area contributed by atoms with Crippen LogP contribution in [0.15, 0.2) is 59.5 Å². The summed E-state index contributed by atoms with van der Waals surface area (Å²) in [4.78, 5) is 14.9. The molecule has 27 heavy (non-hydrogen) atoms. The van der Waals surface area contributed by atoms with Crippen molar-refractivity contribution in [3.8, 4) is 0 Å². The van der Waals surface area contributed by atoms with E-state index < -0.39 is 9.84 Å². The summed E-state index contributed by atoms with van der Waals surface area (Å²) in [6.07, 6.45) is 0. The number of rotatable bonds is 5. The number of halogens is 1. The van der Waals surface area contributed by atoms with Crippen molar-refractivity contribution in [2.75, 3.05) is 25.4 Å². The highest BCUT2D eigenvalue weighted by Gasteiger charge is 2.35. The first-order valence-electron chi connectivity index (χ1n) is 8.83. The van der Waals surface area contributed by atoms with Gasteiger partial charge in [-0.3, -0.25) is 4.79 Å². The largest absolute Gasteiger partial charge is 0.338 e. The molecule has 0 unspecified atom stereocenters. The lowest BCUT2D eigenvalue weighted by atomic mass is 9.89. The molecule has 0 bridgehead atoms. The molecule has 1 aliphatic rings. The Hall–Kier alpha value is -1.89. The number of likely N-dealkylation sites (tertiary alicyclic amines) is 1. The Bertz CT molecular complexity index is 870. The smallest absolute Gasteiger partial charge is 0.253 e. The van der Waals surface area contributed by atoms with E-state index in [2.05, 4.69) is 12.1 Å². The van der Waals surface area contributed by atoms with Crippen LogP contribution in [-0.4, -0.2) is 44.6 Å². The summed E-state index contributed by atoms with van der Waals surface area (Å²) < 4.78 is 23.8. The van der Waals surface area contributed by atoms with Crippen LogP contribution in [0.25, 0.3) is 0 Å². The predicted octanol–water partition coefficient (Wildman–Crippen LogP) is 2.72. The van der Waals surface area contributed by atoms with Crippen molar-refractivity contribution in [3.05, 3.63) is 65.7 Å². The summed E-state index contributed by atoms with van der Waals surface area (Å²) in [6.45, 7) is 3.37. The number of sulfone groups is 1. The Labute approximate surface area is 166 Å². The van der Waals surface area contributed by atoms with Crippen molar-refractivity contribution in [1.82, 2.24) is 4.90 Å². The highest BCUT2D eigenvalue weighted by atomic mass is 35.5. The van der Waals surface area contributed by atoms with Crippen LogP contribution in [0.1, 0.15) is 28.8 Å². The molecule has 0 aliphatic carbocycles. The molecule has 2 atom stereocenters. The van der Waals surface area contributed by atoms with Gasteiger partial charge in [0, 0.05) is 24.6 Å². The van der Waals surface area contributed by atoms with Crippen molar-refractivity contribution in [1.29, 1.82) is 0 Å². The van der Waals surface area contributed by atoms with E-state index >= 15 is 0 Å². The third-order valence-electron chi connectivity index (χ3n) is 5.10. The lowest BCUT2D eigenvalue weighted by Crippen LogP contribution is -2.29. The van der Waals surface area contributed by atoms with Crippen LogP contribution in [0, 0.1) is 5.92 Å². The zero-order valence-corrected chi connectivity index (χ0v) is 16.9. The molecule has 5 nitrogen and oxygen atoms in total. The first-order chi connectivity index (χ1) is 12.5. The highest BCUT2D eigenvalue weighted by Crippen LogP contribution is 2.32. The zero-order chi connectivity index (χ0) is 18.7. The van der Waals surface area contributed by atoms with Crippen LogP contribution in [0.2, 0.25) is 0 Å². The summed E-state index contributed by atoms with van der Waals surface area (Å²) in [5.74, 6) is 0.414. The molecule has 7 heteroatoms. The van der Waals surface area contributed by atoms with Gasteiger partial charge in [-0.15, -0.1) is 12.4 Å². The van der Waals surface area contributed by atoms with E-state index in [9.17, 15) is 13.2 Å². The van der Waals surface area contributed by atoms with Gasteiger partial charge in [-0.25, -0.2) is 8.42 Å². The first kappa shape index (κ1) is 21.4. The molecule has 2 aromatic rings. The number of carbonyl (C=O) groups excluding carboxylic acids is 1. The first-order valence-corrected chi connectivity index (χ1v) is 10.5. The molecule has 2 aromatic carbocycles. The predicted molar refractivity (Wildman–Crippen MR) is 109 cm³/mol. The lowest BCUT2D eigenvalue weighted by Gasteiger charge is -2.17. The second-order valence-electron chi connectivity index (χ2n) is 6.65. The molecule has 0 saturated carbocycles. The molecule has 2 N–H and O–H groups in total. The average molecular weight is 409 g/mol. The molecule has 1 heterocycles. The standard InChI is InChI=1S/C20H24N2O3S.ClH/c1-2-26(24,25)18-10-8-16(9-11-18)20(23)22-13-17(12-21)19(14-22)15-6-4-3-5-7-15;/h3-11,17,19H,2,12-14,21H2,1H3;1H/t17-,19+;/m1./s1. The van der Waals surface area contributed by atoms with Gasteiger partial charge in [-0.05, 0) is 42.3 Å². The minimum absolute atomic E-state index is 0. The van der Waals surface area contributed by atoms with Gasteiger partial charge in [0.1, 0.15) is 0 Å². The topological polar surface area (TPSA) is 80.5 Å². The summed E-state index contributed by atoms with van der Waals surface area (Å²) in [5.41, 5.74) is 7.64. The van der Waals surface area contributed by atoms with Crippen molar-refractivity contribution in [3.63, 3.8) is 0 Å². The van der Waals surface area contributed by atoms with Crippen LogP contribution in [0.4, 0.5) is 0 Å². The summed E-state index contributed by atoms with van der Waals surface area (Å²) >= 11 is 0.